The molecule has 0 radical (unpaired) electrons. The van der Waals surface area contributed by atoms with E-state index in [1.807, 2.05) is 61.5 Å². The summed E-state index contributed by atoms with van der Waals surface area (Å²) < 4.78 is 0. The molecular weight excluding hydrogens is 523 g/mol. The number of hydrogen-bond acceptors (Lipinski definition) is 6. The Morgan fingerprint density at radius 3 is 2.57 bits per heavy atom. The van der Waals surface area contributed by atoms with Gasteiger partial charge in [-0.3, -0.25) is 9.59 Å². The molecule has 1 aliphatic heterocycles. The van der Waals surface area contributed by atoms with Gasteiger partial charge in [0.05, 0.1) is 17.4 Å². The molecule has 0 spiro atoms. The molecular formula is C27H27N5O2S3. The molecule has 0 saturated heterocycles. The van der Waals surface area contributed by atoms with Gasteiger partial charge in [-0.25, -0.2) is 0 Å². The summed E-state index contributed by atoms with van der Waals surface area (Å²) in [4.78, 5) is 28.7. The Labute approximate surface area is 230 Å². The van der Waals surface area contributed by atoms with E-state index in [-0.39, 0.29) is 17.1 Å². The lowest BCUT2D eigenvalue weighted by Crippen LogP contribution is -2.33. The molecule has 1 unspecified atom stereocenters. The van der Waals surface area contributed by atoms with Gasteiger partial charge >= 0.3 is 0 Å². The number of carbonyl (C=O) groups is 2. The fourth-order valence-electron chi connectivity index (χ4n) is 4.02. The zero-order valence-corrected chi connectivity index (χ0v) is 23.0. The van der Waals surface area contributed by atoms with Crippen molar-refractivity contribution >= 4 is 68.6 Å². The van der Waals surface area contributed by atoms with Crippen LogP contribution in [0.2, 0.25) is 0 Å². The maximum Gasteiger partial charge on any atom is 0.238 e. The first-order valence-electron chi connectivity index (χ1n) is 11.9. The van der Waals surface area contributed by atoms with Gasteiger partial charge in [0.1, 0.15) is 11.1 Å². The Kier molecular flexibility index (Phi) is 8.82. The van der Waals surface area contributed by atoms with Crippen molar-refractivity contribution in [2.45, 2.75) is 43.4 Å². The molecule has 4 rings (SSSR count). The number of para-hydroxylation sites is 1. The number of carbonyl (C=O) groups excluding carboxylic acids is 2. The number of benzene rings is 2. The molecule has 2 heterocycles. The Morgan fingerprint density at radius 1 is 1.14 bits per heavy atom. The monoisotopic (exact) mass is 549 g/mol. The van der Waals surface area contributed by atoms with Crippen LogP contribution in [0.4, 0.5) is 16.4 Å². The van der Waals surface area contributed by atoms with Crippen molar-refractivity contribution in [1.82, 2.24) is 4.90 Å². The number of nitrogens with zero attached hydrogens (tertiary/aromatic N) is 2. The van der Waals surface area contributed by atoms with E-state index in [2.05, 4.69) is 22.0 Å². The Hall–Kier alpha value is -3.39. The van der Waals surface area contributed by atoms with Gasteiger partial charge < -0.3 is 20.9 Å². The molecule has 3 N–H and O–H groups in total. The molecule has 1 aliphatic rings. The first-order valence-corrected chi connectivity index (χ1v) is 14.0. The molecule has 190 valence electrons. The van der Waals surface area contributed by atoms with E-state index in [4.69, 9.17) is 12.2 Å². The normalized spacial score (nSPS) is 13.2. The largest absolute Gasteiger partial charge is 0.337 e. The van der Waals surface area contributed by atoms with Crippen LogP contribution in [0.15, 0.2) is 59.5 Å². The summed E-state index contributed by atoms with van der Waals surface area (Å²) in [6.07, 6.45) is 1.24. The molecule has 2 amide bonds. The standard InChI is InChI=1S/C27H27N5O2S3/c1-3-23(25(34)31-26-22(15-28)21-12-13-32(17(2)33)16-24(21)37-26)36-20-11-7-10-19(14-20)30-27(35)29-18-8-5-4-6-9-18/h4-11,14,23H,3,12-13,16H2,1-2H3,(H,31,34)(H2,29,30,35). The highest BCUT2D eigenvalue weighted by Gasteiger charge is 2.27. The third-order valence-electron chi connectivity index (χ3n) is 5.92. The fraction of sp³-hybridized carbons (Fsp3) is 0.259. The number of fused-ring (bicyclic) bond motifs is 1. The quantitative estimate of drug-likeness (QED) is 0.252. The van der Waals surface area contributed by atoms with E-state index >= 15 is 0 Å². The third-order valence-corrected chi connectivity index (χ3v) is 8.61. The molecule has 0 bridgehead atoms. The first-order chi connectivity index (χ1) is 17.9. The number of anilines is 3. The highest BCUT2D eigenvalue weighted by molar-refractivity contribution is 8.00. The molecule has 1 aromatic heterocycles. The van der Waals surface area contributed by atoms with Crippen LogP contribution in [0.1, 0.15) is 36.3 Å². The summed E-state index contributed by atoms with van der Waals surface area (Å²) in [6, 6.07) is 19.7. The van der Waals surface area contributed by atoms with Crippen LogP contribution in [-0.2, 0) is 22.6 Å². The van der Waals surface area contributed by atoms with E-state index in [1.165, 1.54) is 23.1 Å². The molecule has 2 aromatic carbocycles. The number of amides is 2. The van der Waals surface area contributed by atoms with E-state index in [1.54, 1.807) is 11.8 Å². The lowest BCUT2D eigenvalue weighted by molar-refractivity contribution is -0.129. The highest BCUT2D eigenvalue weighted by Crippen LogP contribution is 2.37. The van der Waals surface area contributed by atoms with Crippen molar-refractivity contribution in [3.8, 4) is 6.07 Å². The average molecular weight is 550 g/mol. The molecule has 37 heavy (non-hydrogen) atoms. The summed E-state index contributed by atoms with van der Waals surface area (Å²) in [7, 11) is 0. The maximum absolute atomic E-state index is 13.2. The fourth-order valence-corrected chi connectivity index (χ4v) is 6.49. The van der Waals surface area contributed by atoms with Crippen molar-refractivity contribution < 1.29 is 9.59 Å². The van der Waals surface area contributed by atoms with Gasteiger partial charge in [-0.05, 0) is 61.0 Å². The lowest BCUT2D eigenvalue weighted by atomic mass is 10.0. The number of thioether (sulfide) groups is 1. The van der Waals surface area contributed by atoms with Crippen molar-refractivity contribution in [3.05, 3.63) is 70.6 Å². The van der Waals surface area contributed by atoms with E-state index in [9.17, 15) is 14.9 Å². The van der Waals surface area contributed by atoms with Crippen LogP contribution in [0, 0.1) is 11.3 Å². The van der Waals surface area contributed by atoms with Crippen LogP contribution in [0.25, 0.3) is 0 Å². The van der Waals surface area contributed by atoms with Crippen LogP contribution < -0.4 is 16.0 Å². The highest BCUT2D eigenvalue weighted by atomic mass is 32.2. The van der Waals surface area contributed by atoms with Crippen LogP contribution in [0.3, 0.4) is 0 Å². The van der Waals surface area contributed by atoms with Gasteiger partial charge in [-0.2, -0.15) is 5.26 Å². The molecule has 3 aromatic rings. The average Bonchev–Trinajstić information content (AvgIpc) is 3.23. The second kappa shape index (κ2) is 12.2. The number of rotatable bonds is 7. The Balaban J connectivity index is 1.41. The number of hydrogen-bond donors (Lipinski definition) is 3. The summed E-state index contributed by atoms with van der Waals surface area (Å²) in [5, 5.41) is 19.8. The maximum atomic E-state index is 13.2. The Bertz CT molecular complexity index is 1350. The number of nitriles is 1. The molecule has 0 saturated carbocycles. The molecule has 0 aliphatic carbocycles. The first kappa shape index (κ1) is 26.7. The molecule has 10 heteroatoms. The van der Waals surface area contributed by atoms with Crippen LogP contribution in [0.5, 0.6) is 0 Å². The molecule has 7 nitrogen and oxygen atoms in total. The smallest absolute Gasteiger partial charge is 0.238 e. The minimum Gasteiger partial charge on any atom is -0.337 e. The predicted octanol–water partition coefficient (Wildman–Crippen LogP) is 5.84. The van der Waals surface area contributed by atoms with Gasteiger partial charge in [-0.1, -0.05) is 31.2 Å². The molecule has 1 atom stereocenters. The summed E-state index contributed by atoms with van der Waals surface area (Å²) in [6.45, 7) is 4.58. The summed E-state index contributed by atoms with van der Waals surface area (Å²) >= 11 is 8.29. The zero-order valence-electron chi connectivity index (χ0n) is 20.5. The predicted molar refractivity (Wildman–Crippen MR) is 155 cm³/mol. The van der Waals surface area contributed by atoms with Crippen LogP contribution >= 0.6 is 35.3 Å². The van der Waals surface area contributed by atoms with Crippen molar-refractivity contribution in [3.63, 3.8) is 0 Å². The topological polar surface area (TPSA) is 97.3 Å². The van der Waals surface area contributed by atoms with Gasteiger partial charge in [0.25, 0.3) is 0 Å². The van der Waals surface area contributed by atoms with Gasteiger partial charge in [0.2, 0.25) is 11.8 Å². The van der Waals surface area contributed by atoms with Gasteiger partial charge in [-0.15, -0.1) is 23.1 Å². The third kappa shape index (κ3) is 6.68. The number of thiocarbonyl (C=S) groups is 1. The lowest BCUT2D eigenvalue weighted by Gasteiger charge is -2.25. The van der Waals surface area contributed by atoms with E-state index in [0.29, 0.717) is 41.6 Å². The van der Waals surface area contributed by atoms with Gasteiger partial charge in [0.15, 0.2) is 5.11 Å². The second-order valence-corrected chi connectivity index (χ2v) is 11.3. The van der Waals surface area contributed by atoms with Gasteiger partial charge in [0, 0.05) is 34.6 Å². The van der Waals surface area contributed by atoms with Crippen molar-refractivity contribution in [2.24, 2.45) is 0 Å². The Morgan fingerprint density at radius 2 is 1.86 bits per heavy atom. The minimum atomic E-state index is -0.343. The van der Waals surface area contributed by atoms with Crippen molar-refractivity contribution in [1.29, 1.82) is 5.26 Å². The number of nitrogens with one attached hydrogen (secondary N) is 3. The zero-order chi connectivity index (χ0) is 26.4. The number of thiophene rings is 1. The van der Waals surface area contributed by atoms with E-state index < -0.39 is 0 Å². The van der Waals surface area contributed by atoms with E-state index in [0.717, 1.165) is 26.7 Å². The second-order valence-electron chi connectivity index (χ2n) is 8.49. The SMILES string of the molecule is CCC(Sc1cccc(NC(=S)Nc2ccccc2)c1)C(=O)Nc1sc2c(c1C#N)CCN(C(C)=O)C2. The summed E-state index contributed by atoms with van der Waals surface area (Å²) in [5.41, 5.74) is 3.18. The van der Waals surface area contributed by atoms with Crippen LogP contribution in [-0.4, -0.2) is 33.6 Å². The summed E-state index contributed by atoms with van der Waals surface area (Å²) in [5.74, 6) is -0.135. The minimum absolute atomic E-state index is 0.0129. The van der Waals surface area contributed by atoms with Crippen molar-refractivity contribution in [2.75, 3.05) is 22.5 Å². The molecule has 0 fully saturated rings.